The van der Waals surface area contributed by atoms with Gasteiger partial charge in [0.2, 0.25) is 0 Å². The zero-order chi connectivity index (χ0) is 15.5. The van der Waals surface area contributed by atoms with E-state index >= 15 is 0 Å². The molecule has 0 unspecified atom stereocenters. The van der Waals surface area contributed by atoms with E-state index in [1.54, 1.807) is 24.3 Å². The second-order valence-corrected chi connectivity index (χ2v) is 6.73. The highest BCUT2D eigenvalue weighted by Crippen LogP contribution is 2.49. The predicted molar refractivity (Wildman–Crippen MR) is 84.6 cm³/mol. The van der Waals surface area contributed by atoms with E-state index < -0.39 is 0 Å². The standard InChI is InChI=1S/C17H20ClNO3/c18-14-3-1-2-4-15(14)19-16(20)10-22-17(21)9-13-8-11-5-6-12(13)7-11/h1-4,11-13H,5-10H2,(H,19,20)/t11-,12+,13-/m0/s1. The Bertz CT molecular complexity index is 575. The molecular formula is C17H20ClNO3. The zero-order valence-electron chi connectivity index (χ0n) is 12.4. The first kappa shape index (κ1) is 15.3. The first-order chi connectivity index (χ1) is 10.6. The van der Waals surface area contributed by atoms with Crippen molar-refractivity contribution in [3.05, 3.63) is 29.3 Å². The lowest BCUT2D eigenvalue weighted by Crippen LogP contribution is -2.23. The van der Waals surface area contributed by atoms with Crippen molar-refractivity contribution in [2.24, 2.45) is 17.8 Å². The fourth-order valence-electron chi connectivity index (χ4n) is 3.79. The normalized spacial score (nSPS) is 26.0. The molecule has 5 heteroatoms. The number of carbonyl (C=O) groups is 2. The fourth-order valence-corrected chi connectivity index (χ4v) is 3.98. The van der Waals surface area contributed by atoms with Crippen LogP contribution in [0.1, 0.15) is 32.1 Å². The number of halogens is 1. The molecule has 0 heterocycles. The Kier molecular flexibility index (Phi) is 4.67. The van der Waals surface area contributed by atoms with Gasteiger partial charge in [0.15, 0.2) is 6.61 Å². The van der Waals surface area contributed by atoms with E-state index in [9.17, 15) is 9.59 Å². The van der Waals surface area contributed by atoms with Crippen LogP contribution in [-0.2, 0) is 14.3 Å². The number of fused-ring (bicyclic) bond motifs is 2. The van der Waals surface area contributed by atoms with Gasteiger partial charge in [0.1, 0.15) is 0 Å². The van der Waals surface area contributed by atoms with Gasteiger partial charge in [-0.2, -0.15) is 0 Å². The highest BCUT2D eigenvalue weighted by atomic mass is 35.5. The van der Waals surface area contributed by atoms with Crippen LogP contribution in [0.15, 0.2) is 24.3 Å². The second kappa shape index (κ2) is 6.69. The number of esters is 1. The quantitative estimate of drug-likeness (QED) is 0.842. The highest BCUT2D eigenvalue weighted by molar-refractivity contribution is 6.33. The van der Waals surface area contributed by atoms with Crippen molar-refractivity contribution < 1.29 is 14.3 Å². The third kappa shape index (κ3) is 3.61. The number of nitrogens with one attached hydrogen (secondary N) is 1. The smallest absolute Gasteiger partial charge is 0.306 e. The molecule has 0 radical (unpaired) electrons. The highest BCUT2D eigenvalue weighted by Gasteiger charge is 2.40. The summed E-state index contributed by atoms with van der Waals surface area (Å²) in [6.45, 7) is -0.259. The van der Waals surface area contributed by atoms with Gasteiger partial charge in [0.05, 0.1) is 10.7 Å². The van der Waals surface area contributed by atoms with Gasteiger partial charge in [-0.15, -0.1) is 0 Å². The third-order valence-electron chi connectivity index (χ3n) is 4.83. The Morgan fingerprint density at radius 3 is 2.73 bits per heavy atom. The topological polar surface area (TPSA) is 55.4 Å². The summed E-state index contributed by atoms with van der Waals surface area (Å²) in [6, 6.07) is 6.96. The van der Waals surface area contributed by atoms with Crippen LogP contribution in [-0.4, -0.2) is 18.5 Å². The Balaban J connectivity index is 1.41. The van der Waals surface area contributed by atoms with Crippen LogP contribution in [0.4, 0.5) is 5.69 Å². The van der Waals surface area contributed by atoms with E-state index in [4.69, 9.17) is 16.3 Å². The van der Waals surface area contributed by atoms with E-state index in [1.165, 1.54) is 19.3 Å². The summed E-state index contributed by atoms with van der Waals surface area (Å²) in [6.07, 6.45) is 5.42. The molecular weight excluding hydrogens is 302 g/mol. The maximum absolute atomic E-state index is 11.9. The van der Waals surface area contributed by atoms with E-state index in [1.807, 2.05) is 0 Å². The number of hydrogen-bond donors (Lipinski definition) is 1. The minimum Gasteiger partial charge on any atom is -0.456 e. The Morgan fingerprint density at radius 1 is 1.23 bits per heavy atom. The number of ether oxygens (including phenoxy) is 1. The molecule has 0 saturated heterocycles. The molecule has 1 amide bonds. The molecule has 2 aliphatic carbocycles. The lowest BCUT2D eigenvalue weighted by Gasteiger charge is -2.20. The van der Waals surface area contributed by atoms with E-state index in [-0.39, 0.29) is 18.5 Å². The van der Waals surface area contributed by atoms with Crippen molar-refractivity contribution >= 4 is 29.2 Å². The molecule has 4 nitrogen and oxygen atoms in total. The van der Waals surface area contributed by atoms with Crippen molar-refractivity contribution in [1.29, 1.82) is 0 Å². The molecule has 1 aromatic carbocycles. The molecule has 3 atom stereocenters. The number of carbonyl (C=O) groups excluding carboxylic acids is 2. The van der Waals surface area contributed by atoms with Gasteiger partial charge in [-0.25, -0.2) is 0 Å². The summed E-state index contributed by atoms with van der Waals surface area (Å²) in [7, 11) is 0. The summed E-state index contributed by atoms with van der Waals surface area (Å²) in [5, 5.41) is 3.10. The van der Waals surface area contributed by atoms with E-state index in [2.05, 4.69) is 5.32 Å². The first-order valence-corrected chi connectivity index (χ1v) is 8.19. The summed E-state index contributed by atoms with van der Waals surface area (Å²) < 4.78 is 5.09. The van der Waals surface area contributed by atoms with Gasteiger partial charge in [-0.3, -0.25) is 9.59 Å². The minimum atomic E-state index is -0.366. The number of benzene rings is 1. The Hall–Kier alpha value is -1.55. The third-order valence-corrected chi connectivity index (χ3v) is 5.16. The van der Waals surface area contributed by atoms with Crippen LogP contribution in [0.5, 0.6) is 0 Å². The molecule has 0 aromatic heterocycles. The van der Waals surface area contributed by atoms with Gasteiger partial charge >= 0.3 is 5.97 Å². The van der Waals surface area contributed by atoms with Crippen molar-refractivity contribution in [1.82, 2.24) is 0 Å². The Morgan fingerprint density at radius 2 is 2.05 bits per heavy atom. The van der Waals surface area contributed by atoms with Crippen LogP contribution in [0, 0.1) is 17.8 Å². The molecule has 118 valence electrons. The summed E-state index contributed by atoms with van der Waals surface area (Å²) >= 11 is 5.96. The van der Waals surface area contributed by atoms with Crippen LogP contribution in [0.3, 0.4) is 0 Å². The van der Waals surface area contributed by atoms with Crippen molar-refractivity contribution in [2.45, 2.75) is 32.1 Å². The molecule has 2 aliphatic rings. The van der Waals surface area contributed by atoms with Crippen LogP contribution >= 0.6 is 11.6 Å². The molecule has 2 fully saturated rings. The van der Waals surface area contributed by atoms with Crippen LogP contribution in [0.2, 0.25) is 5.02 Å². The van der Waals surface area contributed by atoms with Gasteiger partial charge in [-0.05, 0) is 49.1 Å². The molecule has 1 aromatic rings. The lowest BCUT2D eigenvalue weighted by molar-refractivity contribution is -0.148. The second-order valence-electron chi connectivity index (χ2n) is 6.33. The fraction of sp³-hybridized carbons (Fsp3) is 0.529. The molecule has 1 N–H and O–H groups in total. The average Bonchev–Trinajstić information content (AvgIpc) is 3.10. The van der Waals surface area contributed by atoms with Gasteiger partial charge < -0.3 is 10.1 Å². The summed E-state index contributed by atoms with van der Waals surface area (Å²) in [4.78, 5) is 23.7. The SMILES string of the molecule is O=C(COC(=O)C[C@@H]1C[C@H]2CC[C@@H]1C2)Nc1ccccc1Cl. The van der Waals surface area contributed by atoms with Gasteiger partial charge in [-0.1, -0.05) is 30.2 Å². The molecule has 2 saturated carbocycles. The summed E-state index contributed by atoms with van der Waals surface area (Å²) in [5.74, 6) is 1.32. The average molecular weight is 322 g/mol. The van der Waals surface area contributed by atoms with Crippen molar-refractivity contribution in [3.8, 4) is 0 Å². The van der Waals surface area contributed by atoms with Crippen LogP contribution < -0.4 is 5.32 Å². The minimum absolute atomic E-state index is 0.259. The van der Waals surface area contributed by atoms with Gasteiger partial charge in [0.25, 0.3) is 5.91 Å². The predicted octanol–water partition coefficient (Wildman–Crippen LogP) is 3.65. The van der Waals surface area contributed by atoms with Crippen molar-refractivity contribution in [2.75, 3.05) is 11.9 Å². The molecule has 3 rings (SSSR count). The number of amides is 1. The van der Waals surface area contributed by atoms with Gasteiger partial charge in [0, 0.05) is 6.42 Å². The number of hydrogen-bond acceptors (Lipinski definition) is 3. The first-order valence-electron chi connectivity index (χ1n) is 7.82. The number of para-hydroxylation sites is 1. The van der Waals surface area contributed by atoms with Crippen molar-refractivity contribution in [3.63, 3.8) is 0 Å². The van der Waals surface area contributed by atoms with E-state index in [0.29, 0.717) is 29.0 Å². The molecule has 0 aliphatic heterocycles. The van der Waals surface area contributed by atoms with E-state index in [0.717, 1.165) is 12.3 Å². The zero-order valence-corrected chi connectivity index (χ0v) is 13.1. The monoisotopic (exact) mass is 321 g/mol. The molecule has 0 spiro atoms. The molecule has 22 heavy (non-hydrogen) atoms. The molecule has 2 bridgehead atoms. The largest absolute Gasteiger partial charge is 0.456 e. The maximum Gasteiger partial charge on any atom is 0.306 e. The van der Waals surface area contributed by atoms with Crippen LogP contribution in [0.25, 0.3) is 0 Å². The number of rotatable bonds is 5. The maximum atomic E-state index is 11.9. The summed E-state index contributed by atoms with van der Waals surface area (Å²) in [5.41, 5.74) is 0.526. The lowest BCUT2D eigenvalue weighted by atomic mass is 9.86. The number of anilines is 1. The Labute approximate surface area is 135 Å².